The SMILES string of the molecule is COc1cc(C(=O)N2CCCCC2)c(F)cc1N. The fourth-order valence-electron chi connectivity index (χ4n) is 2.18. The van der Waals surface area contributed by atoms with E-state index in [0.717, 1.165) is 25.3 Å². The van der Waals surface area contributed by atoms with Crippen molar-refractivity contribution < 1.29 is 13.9 Å². The Morgan fingerprint density at radius 1 is 1.33 bits per heavy atom. The summed E-state index contributed by atoms with van der Waals surface area (Å²) in [5.74, 6) is -0.550. The molecule has 2 N–H and O–H groups in total. The van der Waals surface area contributed by atoms with Crippen molar-refractivity contribution in [2.75, 3.05) is 25.9 Å². The quantitative estimate of drug-likeness (QED) is 0.819. The normalized spacial score (nSPS) is 15.6. The van der Waals surface area contributed by atoms with Gasteiger partial charge in [0, 0.05) is 19.2 Å². The maximum Gasteiger partial charge on any atom is 0.256 e. The van der Waals surface area contributed by atoms with Gasteiger partial charge in [-0.05, 0) is 25.3 Å². The third-order valence-electron chi connectivity index (χ3n) is 3.19. The maximum absolute atomic E-state index is 13.8. The number of ether oxygens (including phenoxy) is 1. The molecule has 1 aromatic carbocycles. The van der Waals surface area contributed by atoms with Crippen LogP contribution < -0.4 is 10.5 Å². The van der Waals surface area contributed by atoms with E-state index in [1.807, 2.05) is 0 Å². The van der Waals surface area contributed by atoms with Crippen molar-refractivity contribution in [2.45, 2.75) is 19.3 Å². The summed E-state index contributed by atoms with van der Waals surface area (Å²) in [6.07, 6.45) is 3.07. The summed E-state index contributed by atoms with van der Waals surface area (Å²) in [5.41, 5.74) is 5.82. The average Bonchev–Trinajstić information content (AvgIpc) is 2.39. The van der Waals surface area contributed by atoms with Gasteiger partial charge in [0.2, 0.25) is 0 Å². The summed E-state index contributed by atoms with van der Waals surface area (Å²) in [4.78, 5) is 13.9. The number of carbonyl (C=O) groups excluding carboxylic acids is 1. The molecule has 4 nitrogen and oxygen atoms in total. The van der Waals surface area contributed by atoms with Crippen LogP contribution in [0.4, 0.5) is 10.1 Å². The Kier molecular flexibility index (Phi) is 3.69. The van der Waals surface area contributed by atoms with Crippen LogP contribution in [-0.4, -0.2) is 31.0 Å². The van der Waals surface area contributed by atoms with Gasteiger partial charge in [0.15, 0.2) is 0 Å². The molecule has 0 aromatic heterocycles. The molecule has 0 atom stereocenters. The van der Waals surface area contributed by atoms with Crippen LogP contribution in [0.3, 0.4) is 0 Å². The minimum absolute atomic E-state index is 0.0305. The highest BCUT2D eigenvalue weighted by Gasteiger charge is 2.22. The Morgan fingerprint density at radius 2 is 2.00 bits per heavy atom. The van der Waals surface area contributed by atoms with Crippen molar-refractivity contribution in [3.05, 3.63) is 23.5 Å². The second kappa shape index (κ2) is 5.25. The lowest BCUT2D eigenvalue weighted by atomic mass is 10.1. The van der Waals surface area contributed by atoms with Crippen molar-refractivity contribution in [2.24, 2.45) is 0 Å². The molecule has 1 aromatic rings. The zero-order valence-corrected chi connectivity index (χ0v) is 10.4. The summed E-state index contributed by atoms with van der Waals surface area (Å²) >= 11 is 0. The first-order valence-corrected chi connectivity index (χ1v) is 6.05. The van der Waals surface area contributed by atoms with Gasteiger partial charge in [-0.1, -0.05) is 0 Å². The first-order chi connectivity index (χ1) is 8.63. The van der Waals surface area contributed by atoms with Crippen LogP contribution >= 0.6 is 0 Å². The van der Waals surface area contributed by atoms with Crippen LogP contribution in [0.1, 0.15) is 29.6 Å². The van der Waals surface area contributed by atoms with Gasteiger partial charge in [-0.2, -0.15) is 0 Å². The van der Waals surface area contributed by atoms with Gasteiger partial charge in [0.1, 0.15) is 11.6 Å². The smallest absolute Gasteiger partial charge is 0.256 e. The van der Waals surface area contributed by atoms with Crippen LogP contribution in [-0.2, 0) is 0 Å². The first kappa shape index (κ1) is 12.7. The minimum Gasteiger partial charge on any atom is -0.495 e. The molecule has 1 amide bonds. The molecule has 1 fully saturated rings. The maximum atomic E-state index is 13.8. The molecule has 0 radical (unpaired) electrons. The Morgan fingerprint density at radius 3 is 2.61 bits per heavy atom. The van der Waals surface area contributed by atoms with Crippen LogP contribution in [0.5, 0.6) is 5.75 Å². The van der Waals surface area contributed by atoms with E-state index in [4.69, 9.17) is 10.5 Å². The Bertz CT molecular complexity index is 457. The van der Waals surface area contributed by atoms with Gasteiger partial charge >= 0.3 is 0 Å². The lowest BCUT2D eigenvalue weighted by Gasteiger charge is -2.27. The molecule has 1 aliphatic rings. The van der Waals surface area contributed by atoms with E-state index >= 15 is 0 Å². The topological polar surface area (TPSA) is 55.6 Å². The number of anilines is 1. The number of halogens is 1. The number of hydrogen-bond donors (Lipinski definition) is 1. The number of benzene rings is 1. The molecule has 2 rings (SSSR count). The molecule has 0 unspecified atom stereocenters. The zero-order valence-electron chi connectivity index (χ0n) is 10.4. The summed E-state index contributed by atoms with van der Waals surface area (Å²) in [7, 11) is 1.44. The van der Waals surface area contributed by atoms with Crippen molar-refractivity contribution in [1.29, 1.82) is 0 Å². The molecule has 0 spiro atoms. The molecule has 1 aliphatic heterocycles. The highest BCUT2D eigenvalue weighted by atomic mass is 19.1. The van der Waals surface area contributed by atoms with Crippen molar-refractivity contribution in [3.8, 4) is 5.75 Å². The molecule has 1 heterocycles. The number of amides is 1. The highest BCUT2D eigenvalue weighted by Crippen LogP contribution is 2.26. The van der Waals surface area contributed by atoms with E-state index in [1.54, 1.807) is 4.90 Å². The van der Waals surface area contributed by atoms with E-state index in [0.29, 0.717) is 18.8 Å². The summed E-state index contributed by atoms with van der Waals surface area (Å²) in [5, 5.41) is 0. The van der Waals surface area contributed by atoms with Gasteiger partial charge in [0.05, 0.1) is 18.4 Å². The van der Waals surface area contributed by atoms with Crippen molar-refractivity contribution >= 4 is 11.6 Å². The summed E-state index contributed by atoms with van der Waals surface area (Å²) in [6, 6.07) is 2.51. The largest absolute Gasteiger partial charge is 0.495 e. The lowest BCUT2D eigenvalue weighted by Crippen LogP contribution is -2.36. The fraction of sp³-hybridized carbons (Fsp3) is 0.462. The van der Waals surface area contributed by atoms with Gasteiger partial charge in [-0.3, -0.25) is 4.79 Å². The zero-order chi connectivity index (χ0) is 13.1. The molecular weight excluding hydrogens is 235 g/mol. The highest BCUT2D eigenvalue weighted by molar-refractivity contribution is 5.95. The van der Waals surface area contributed by atoms with E-state index in [-0.39, 0.29) is 17.2 Å². The van der Waals surface area contributed by atoms with Gasteiger partial charge in [0.25, 0.3) is 5.91 Å². The number of rotatable bonds is 2. The van der Waals surface area contributed by atoms with E-state index in [1.165, 1.54) is 13.2 Å². The third-order valence-corrected chi connectivity index (χ3v) is 3.19. The van der Waals surface area contributed by atoms with Crippen molar-refractivity contribution in [3.63, 3.8) is 0 Å². The van der Waals surface area contributed by atoms with Crippen LogP contribution in [0, 0.1) is 5.82 Å². The number of nitrogen functional groups attached to an aromatic ring is 1. The predicted octanol–water partition coefficient (Wildman–Crippen LogP) is 2.04. The minimum atomic E-state index is -0.594. The fourth-order valence-corrected chi connectivity index (χ4v) is 2.18. The van der Waals surface area contributed by atoms with Crippen LogP contribution in [0.15, 0.2) is 12.1 Å². The Labute approximate surface area is 106 Å². The molecule has 0 bridgehead atoms. The van der Waals surface area contributed by atoms with Crippen molar-refractivity contribution in [1.82, 2.24) is 4.90 Å². The number of piperidine rings is 1. The van der Waals surface area contributed by atoms with Crippen LogP contribution in [0.25, 0.3) is 0 Å². The number of hydrogen-bond acceptors (Lipinski definition) is 3. The molecular formula is C13H17FN2O2. The Hall–Kier alpha value is -1.78. The molecule has 5 heteroatoms. The number of nitrogens with zero attached hydrogens (tertiary/aromatic N) is 1. The standard InChI is InChI=1S/C13H17FN2O2/c1-18-12-7-9(10(14)8-11(12)15)13(17)16-5-3-2-4-6-16/h7-8H,2-6,15H2,1H3. The number of nitrogens with two attached hydrogens (primary N) is 1. The van der Waals surface area contributed by atoms with Gasteiger partial charge in [-0.15, -0.1) is 0 Å². The second-order valence-electron chi connectivity index (χ2n) is 4.43. The Balaban J connectivity index is 2.28. The number of carbonyl (C=O) groups is 1. The third kappa shape index (κ3) is 2.39. The first-order valence-electron chi connectivity index (χ1n) is 6.05. The number of methoxy groups -OCH3 is 1. The van der Waals surface area contributed by atoms with Crippen LogP contribution in [0.2, 0.25) is 0 Å². The lowest BCUT2D eigenvalue weighted by molar-refractivity contribution is 0.0719. The summed E-state index contributed by atoms with van der Waals surface area (Å²) in [6.45, 7) is 1.37. The average molecular weight is 252 g/mol. The van der Waals surface area contributed by atoms with E-state index in [9.17, 15) is 9.18 Å². The molecule has 18 heavy (non-hydrogen) atoms. The van der Waals surface area contributed by atoms with E-state index < -0.39 is 5.82 Å². The van der Waals surface area contributed by atoms with E-state index in [2.05, 4.69) is 0 Å². The number of likely N-dealkylation sites (tertiary alicyclic amines) is 1. The second-order valence-corrected chi connectivity index (χ2v) is 4.43. The predicted molar refractivity (Wildman–Crippen MR) is 67.1 cm³/mol. The molecule has 0 saturated carbocycles. The molecule has 98 valence electrons. The summed E-state index contributed by atoms with van der Waals surface area (Å²) < 4.78 is 18.8. The van der Waals surface area contributed by atoms with Gasteiger partial charge in [-0.25, -0.2) is 4.39 Å². The molecule has 1 saturated heterocycles. The monoisotopic (exact) mass is 252 g/mol. The van der Waals surface area contributed by atoms with Gasteiger partial charge < -0.3 is 15.4 Å². The molecule has 0 aliphatic carbocycles.